The Hall–Kier alpha value is -1.20. The van der Waals surface area contributed by atoms with E-state index < -0.39 is 12.5 Å². The molecular weight excluding hydrogens is 214 g/mol. The second kappa shape index (κ2) is 5.23. The highest BCUT2D eigenvalue weighted by molar-refractivity contribution is 5.45. The van der Waals surface area contributed by atoms with Crippen LogP contribution in [-0.2, 0) is 0 Å². The fourth-order valence-electron chi connectivity index (χ4n) is 1.79. The van der Waals surface area contributed by atoms with Gasteiger partial charge in [-0.15, -0.1) is 0 Å². The van der Waals surface area contributed by atoms with Gasteiger partial charge >= 0.3 is 0 Å². The number of hydrogen-bond acceptors (Lipinski definition) is 3. The molecule has 0 saturated heterocycles. The lowest BCUT2D eigenvalue weighted by Crippen LogP contribution is -2.33. The minimum Gasteiger partial charge on any atom is -0.496 e. The van der Waals surface area contributed by atoms with Gasteiger partial charge in [0.05, 0.1) is 7.11 Å². The molecule has 0 aliphatic heterocycles. The van der Waals surface area contributed by atoms with Gasteiger partial charge in [0, 0.05) is 5.56 Å². The summed E-state index contributed by atoms with van der Waals surface area (Å²) in [6, 6.07) is 2.33. The summed E-state index contributed by atoms with van der Waals surface area (Å²) in [5, 5.41) is 0. The van der Waals surface area contributed by atoms with Crippen molar-refractivity contribution in [3.05, 3.63) is 28.8 Å². The first-order chi connectivity index (χ1) is 7.51. The van der Waals surface area contributed by atoms with Crippen molar-refractivity contribution in [1.29, 1.82) is 0 Å². The molecule has 0 heterocycles. The Bertz CT molecular complexity index is 369. The molecule has 0 radical (unpaired) electrons. The molecular formula is C11H16F2N2O. The number of alkyl halides is 2. The van der Waals surface area contributed by atoms with Gasteiger partial charge in [-0.25, -0.2) is 14.2 Å². The maximum atomic E-state index is 12.8. The van der Waals surface area contributed by atoms with E-state index in [1.807, 2.05) is 13.0 Å². The van der Waals surface area contributed by atoms with Gasteiger partial charge in [-0.05, 0) is 31.0 Å². The number of methoxy groups -OCH3 is 1. The van der Waals surface area contributed by atoms with E-state index in [0.717, 1.165) is 11.1 Å². The van der Waals surface area contributed by atoms with E-state index in [0.29, 0.717) is 11.3 Å². The molecule has 1 rings (SSSR count). The predicted octanol–water partition coefficient (Wildman–Crippen LogP) is 2.08. The highest BCUT2D eigenvalue weighted by Crippen LogP contribution is 2.32. The fraction of sp³-hybridized carbons (Fsp3) is 0.455. The third kappa shape index (κ3) is 2.48. The van der Waals surface area contributed by atoms with Crippen LogP contribution in [0.3, 0.4) is 0 Å². The number of ether oxygens (including phenoxy) is 1. The van der Waals surface area contributed by atoms with Gasteiger partial charge < -0.3 is 4.74 Å². The largest absolute Gasteiger partial charge is 0.496 e. The number of rotatable bonds is 4. The zero-order chi connectivity index (χ0) is 12.3. The van der Waals surface area contributed by atoms with E-state index in [1.165, 1.54) is 7.11 Å². The van der Waals surface area contributed by atoms with Crippen LogP contribution in [-0.4, -0.2) is 13.5 Å². The van der Waals surface area contributed by atoms with Crippen molar-refractivity contribution in [1.82, 2.24) is 5.43 Å². The molecule has 1 unspecified atom stereocenters. The van der Waals surface area contributed by atoms with Crippen LogP contribution >= 0.6 is 0 Å². The quantitative estimate of drug-likeness (QED) is 0.615. The molecule has 0 fully saturated rings. The van der Waals surface area contributed by atoms with Crippen molar-refractivity contribution in [2.75, 3.05) is 7.11 Å². The Kier molecular flexibility index (Phi) is 4.20. The van der Waals surface area contributed by atoms with Crippen LogP contribution in [0.4, 0.5) is 8.78 Å². The third-order valence-electron chi connectivity index (χ3n) is 2.46. The zero-order valence-electron chi connectivity index (χ0n) is 9.55. The summed E-state index contributed by atoms with van der Waals surface area (Å²) in [4.78, 5) is 0. The third-order valence-corrected chi connectivity index (χ3v) is 2.46. The van der Waals surface area contributed by atoms with Crippen molar-refractivity contribution in [3.8, 4) is 5.75 Å². The summed E-state index contributed by atoms with van der Waals surface area (Å²) in [6.07, 6.45) is -2.58. The molecule has 3 N–H and O–H groups in total. The topological polar surface area (TPSA) is 47.3 Å². The van der Waals surface area contributed by atoms with E-state index >= 15 is 0 Å². The lowest BCUT2D eigenvalue weighted by molar-refractivity contribution is 0.0970. The highest BCUT2D eigenvalue weighted by Gasteiger charge is 2.26. The summed E-state index contributed by atoms with van der Waals surface area (Å²) < 4.78 is 30.7. The Morgan fingerprint density at radius 2 is 1.94 bits per heavy atom. The fourth-order valence-corrected chi connectivity index (χ4v) is 1.79. The number of hydrazine groups is 1. The number of nitrogens with one attached hydrogen (secondary N) is 1. The SMILES string of the molecule is COc1cc(C)cc(C)c1C(NN)C(F)F. The standard InChI is InChI=1S/C11H16F2N2O/c1-6-4-7(2)9(8(5-6)16-3)10(15-14)11(12)13/h4-5,10-11,15H,14H2,1-3H3. The van der Waals surface area contributed by atoms with Crippen LogP contribution in [0.15, 0.2) is 12.1 Å². The van der Waals surface area contributed by atoms with Crippen LogP contribution in [0.25, 0.3) is 0 Å². The first-order valence-electron chi connectivity index (χ1n) is 4.90. The molecule has 1 aromatic rings. The smallest absolute Gasteiger partial charge is 0.259 e. The van der Waals surface area contributed by atoms with Crippen LogP contribution in [0, 0.1) is 13.8 Å². The molecule has 90 valence electrons. The molecule has 0 bridgehead atoms. The van der Waals surface area contributed by atoms with Gasteiger partial charge in [0.15, 0.2) is 0 Å². The Labute approximate surface area is 93.6 Å². The minimum absolute atomic E-state index is 0.408. The molecule has 0 aromatic heterocycles. The van der Waals surface area contributed by atoms with Crippen LogP contribution in [0.2, 0.25) is 0 Å². The number of aryl methyl sites for hydroxylation is 2. The first kappa shape index (κ1) is 12.9. The summed E-state index contributed by atoms with van der Waals surface area (Å²) in [6.45, 7) is 3.64. The number of nitrogens with two attached hydrogens (primary N) is 1. The summed E-state index contributed by atoms with van der Waals surface area (Å²) >= 11 is 0. The normalized spacial score (nSPS) is 12.9. The van der Waals surface area contributed by atoms with E-state index in [1.54, 1.807) is 13.0 Å². The Morgan fingerprint density at radius 1 is 1.31 bits per heavy atom. The van der Waals surface area contributed by atoms with Crippen molar-refractivity contribution < 1.29 is 13.5 Å². The molecule has 0 aliphatic rings. The Balaban J connectivity index is 3.29. The minimum atomic E-state index is -2.58. The number of benzene rings is 1. The second-order valence-electron chi connectivity index (χ2n) is 3.68. The zero-order valence-corrected chi connectivity index (χ0v) is 9.55. The van der Waals surface area contributed by atoms with Gasteiger partial charge in [0.1, 0.15) is 11.8 Å². The molecule has 5 heteroatoms. The van der Waals surface area contributed by atoms with Crippen molar-refractivity contribution in [3.63, 3.8) is 0 Å². The average molecular weight is 230 g/mol. The van der Waals surface area contributed by atoms with Crippen LogP contribution in [0.1, 0.15) is 22.7 Å². The molecule has 1 aromatic carbocycles. The summed E-state index contributed by atoms with van der Waals surface area (Å²) in [5.74, 6) is 5.58. The van der Waals surface area contributed by atoms with Gasteiger partial charge in [0.2, 0.25) is 0 Å². The van der Waals surface area contributed by atoms with Crippen molar-refractivity contribution in [2.45, 2.75) is 26.3 Å². The first-order valence-corrected chi connectivity index (χ1v) is 4.90. The lowest BCUT2D eigenvalue weighted by Gasteiger charge is -2.21. The molecule has 1 atom stereocenters. The van der Waals surface area contributed by atoms with Gasteiger partial charge in [-0.2, -0.15) is 0 Å². The number of halogens is 2. The lowest BCUT2D eigenvalue weighted by atomic mass is 9.98. The molecule has 0 saturated carbocycles. The predicted molar refractivity (Wildman–Crippen MR) is 58.5 cm³/mol. The summed E-state index contributed by atoms with van der Waals surface area (Å²) in [5.41, 5.74) is 4.23. The van der Waals surface area contributed by atoms with E-state index in [2.05, 4.69) is 5.43 Å². The van der Waals surface area contributed by atoms with Crippen LogP contribution in [0.5, 0.6) is 5.75 Å². The maximum absolute atomic E-state index is 12.8. The monoisotopic (exact) mass is 230 g/mol. The Morgan fingerprint density at radius 3 is 2.38 bits per heavy atom. The molecule has 16 heavy (non-hydrogen) atoms. The molecule has 0 spiro atoms. The van der Waals surface area contributed by atoms with E-state index in [9.17, 15) is 8.78 Å². The number of hydrogen-bond donors (Lipinski definition) is 2. The molecule has 0 aliphatic carbocycles. The van der Waals surface area contributed by atoms with E-state index in [4.69, 9.17) is 10.6 Å². The maximum Gasteiger partial charge on any atom is 0.259 e. The van der Waals surface area contributed by atoms with Crippen molar-refractivity contribution >= 4 is 0 Å². The molecule has 3 nitrogen and oxygen atoms in total. The average Bonchev–Trinajstić information content (AvgIpc) is 2.21. The van der Waals surface area contributed by atoms with Gasteiger partial charge in [-0.3, -0.25) is 5.84 Å². The van der Waals surface area contributed by atoms with Crippen molar-refractivity contribution in [2.24, 2.45) is 5.84 Å². The van der Waals surface area contributed by atoms with Crippen LogP contribution < -0.4 is 16.0 Å². The second-order valence-corrected chi connectivity index (χ2v) is 3.68. The van der Waals surface area contributed by atoms with Gasteiger partial charge in [-0.1, -0.05) is 6.07 Å². The summed E-state index contributed by atoms with van der Waals surface area (Å²) in [7, 11) is 1.46. The highest BCUT2D eigenvalue weighted by atomic mass is 19.3. The van der Waals surface area contributed by atoms with E-state index in [-0.39, 0.29) is 0 Å². The van der Waals surface area contributed by atoms with Gasteiger partial charge in [0.25, 0.3) is 6.43 Å². The molecule has 0 amide bonds.